The number of hydrogen-bond donors (Lipinski definition) is 2. The molecule has 1 atom stereocenters. The number of rotatable bonds is 6. The van der Waals surface area contributed by atoms with Crippen LogP contribution in [0.1, 0.15) is 23.0 Å². The number of thiophene rings is 1. The predicted molar refractivity (Wildman–Crippen MR) is 77.0 cm³/mol. The second-order valence-corrected chi connectivity index (χ2v) is 5.45. The maximum Gasteiger partial charge on any atom is 0.220 e. The van der Waals surface area contributed by atoms with Crippen molar-refractivity contribution in [3.05, 3.63) is 58.0 Å². The van der Waals surface area contributed by atoms with Crippen LogP contribution in [-0.2, 0) is 11.2 Å². The molecule has 0 radical (unpaired) electrons. The number of carbonyl (C=O) groups is 1. The lowest BCUT2D eigenvalue weighted by Crippen LogP contribution is -2.28. The third-order valence-electron chi connectivity index (χ3n) is 2.94. The van der Waals surface area contributed by atoms with Gasteiger partial charge in [-0.25, -0.2) is 4.39 Å². The van der Waals surface area contributed by atoms with Crippen LogP contribution in [0.5, 0.6) is 0 Å². The van der Waals surface area contributed by atoms with Gasteiger partial charge in [-0.2, -0.15) is 0 Å². The Labute approximate surface area is 121 Å². The molecule has 2 rings (SSSR count). The zero-order chi connectivity index (χ0) is 14.4. The van der Waals surface area contributed by atoms with E-state index in [1.165, 1.54) is 12.1 Å². The fraction of sp³-hybridized carbons (Fsp3) is 0.267. The van der Waals surface area contributed by atoms with E-state index in [4.69, 9.17) is 0 Å². The molecule has 3 nitrogen and oxygen atoms in total. The summed E-state index contributed by atoms with van der Waals surface area (Å²) in [5.41, 5.74) is 0.200. The highest BCUT2D eigenvalue weighted by atomic mass is 32.1. The molecule has 0 aliphatic heterocycles. The van der Waals surface area contributed by atoms with E-state index in [0.717, 1.165) is 4.88 Å². The van der Waals surface area contributed by atoms with Gasteiger partial charge in [0.2, 0.25) is 5.91 Å². The standard InChI is InChI=1S/C15H16FNO2S/c16-13-6-2-1-5-12(13)14(18)10-17-15(19)8-7-11-4-3-9-20-11/h1-6,9,14,18H,7-8,10H2,(H,17,19). The van der Waals surface area contributed by atoms with E-state index < -0.39 is 11.9 Å². The van der Waals surface area contributed by atoms with Crippen LogP contribution in [0, 0.1) is 5.82 Å². The molecule has 20 heavy (non-hydrogen) atoms. The minimum Gasteiger partial charge on any atom is -0.386 e. The highest BCUT2D eigenvalue weighted by Crippen LogP contribution is 2.16. The molecule has 2 aromatic rings. The summed E-state index contributed by atoms with van der Waals surface area (Å²) in [4.78, 5) is 12.8. The average molecular weight is 293 g/mol. The number of aryl methyl sites for hydroxylation is 1. The van der Waals surface area contributed by atoms with Crippen LogP contribution < -0.4 is 5.32 Å². The van der Waals surface area contributed by atoms with Crippen LogP contribution in [0.3, 0.4) is 0 Å². The number of aliphatic hydroxyl groups is 1. The molecule has 0 aliphatic carbocycles. The van der Waals surface area contributed by atoms with Gasteiger partial charge < -0.3 is 10.4 Å². The Hall–Kier alpha value is -1.72. The monoisotopic (exact) mass is 293 g/mol. The summed E-state index contributed by atoms with van der Waals surface area (Å²) in [7, 11) is 0. The van der Waals surface area contributed by atoms with Crippen molar-refractivity contribution >= 4 is 17.2 Å². The number of nitrogens with one attached hydrogen (secondary N) is 1. The predicted octanol–water partition coefficient (Wildman–Crippen LogP) is 2.67. The van der Waals surface area contributed by atoms with E-state index in [0.29, 0.717) is 12.8 Å². The van der Waals surface area contributed by atoms with Gasteiger partial charge in [-0.1, -0.05) is 24.3 Å². The Morgan fingerprint density at radius 3 is 2.80 bits per heavy atom. The number of benzene rings is 1. The summed E-state index contributed by atoms with van der Waals surface area (Å²) in [5.74, 6) is -0.610. The summed E-state index contributed by atoms with van der Waals surface area (Å²) in [6.45, 7) is 0.0181. The van der Waals surface area contributed by atoms with Crippen molar-refractivity contribution in [2.75, 3.05) is 6.54 Å². The first kappa shape index (κ1) is 14.7. The van der Waals surface area contributed by atoms with Gasteiger partial charge in [0, 0.05) is 23.4 Å². The van der Waals surface area contributed by atoms with E-state index in [2.05, 4.69) is 5.32 Å². The lowest BCUT2D eigenvalue weighted by Gasteiger charge is -2.12. The molecule has 0 saturated heterocycles. The second kappa shape index (κ2) is 7.17. The van der Waals surface area contributed by atoms with Gasteiger partial charge in [0.15, 0.2) is 0 Å². The summed E-state index contributed by atoms with van der Waals surface area (Å²) < 4.78 is 13.4. The van der Waals surface area contributed by atoms with E-state index >= 15 is 0 Å². The SMILES string of the molecule is O=C(CCc1cccs1)NCC(O)c1ccccc1F. The Kier molecular flexibility index (Phi) is 5.26. The third-order valence-corrected chi connectivity index (χ3v) is 3.87. The molecule has 1 aromatic heterocycles. The van der Waals surface area contributed by atoms with Gasteiger partial charge >= 0.3 is 0 Å². The molecule has 106 valence electrons. The Morgan fingerprint density at radius 2 is 2.10 bits per heavy atom. The molecule has 1 aromatic carbocycles. The zero-order valence-electron chi connectivity index (χ0n) is 10.9. The summed E-state index contributed by atoms with van der Waals surface area (Å²) >= 11 is 1.61. The van der Waals surface area contributed by atoms with Crippen LogP contribution in [0.4, 0.5) is 4.39 Å². The van der Waals surface area contributed by atoms with Crippen LogP contribution in [0.25, 0.3) is 0 Å². The fourth-order valence-corrected chi connectivity index (χ4v) is 2.55. The van der Waals surface area contributed by atoms with Gasteiger partial charge in [0.25, 0.3) is 0 Å². The first-order valence-electron chi connectivity index (χ1n) is 6.38. The van der Waals surface area contributed by atoms with Crippen molar-refractivity contribution in [1.82, 2.24) is 5.32 Å². The van der Waals surface area contributed by atoms with Gasteiger partial charge in [0.05, 0.1) is 6.10 Å². The second-order valence-electron chi connectivity index (χ2n) is 4.42. The Morgan fingerprint density at radius 1 is 1.30 bits per heavy atom. The van der Waals surface area contributed by atoms with E-state index in [9.17, 15) is 14.3 Å². The fourth-order valence-electron chi connectivity index (χ4n) is 1.85. The van der Waals surface area contributed by atoms with Crippen LogP contribution >= 0.6 is 11.3 Å². The molecule has 2 N–H and O–H groups in total. The molecular formula is C15H16FNO2S. The molecule has 0 bridgehead atoms. The lowest BCUT2D eigenvalue weighted by molar-refractivity contribution is -0.121. The number of amides is 1. The smallest absolute Gasteiger partial charge is 0.220 e. The maximum absolute atomic E-state index is 13.4. The van der Waals surface area contributed by atoms with Crippen molar-refractivity contribution in [3.63, 3.8) is 0 Å². The van der Waals surface area contributed by atoms with Crippen LogP contribution in [0.15, 0.2) is 41.8 Å². The molecule has 1 heterocycles. The first-order valence-corrected chi connectivity index (χ1v) is 7.26. The molecule has 5 heteroatoms. The van der Waals surface area contributed by atoms with Crippen molar-refractivity contribution in [2.24, 2.45) is 0 Å². The van der Waals surface area contributed by atoms with E-state index in [-0.39, 0.29) is 18.0 Å². The third kappa shape index (κ3) is 4.15. The number of aliphatic hydroxyl groups excluding tert-OH is 1. The molecule has 1 unspecified atom stereocenters. The van der Waals surface area contributed by atoms with Gasteiger partial charge in [-0.05, 0) is 23.9 Å². The van der Waals surface area contributed by atoms with Crippen molar-refractivity contribution in [1.29, 1.82) is 0 Å². The minimum absolute atomic E-state index is 0.0181. The largest absolute Gasteiger partial charge is 0.386 e. The molecule has 0 saturated carbocycles. The normalized spacial score (nSPS) is 12.1. The van der Waals surface area contributed by atoms with E-state index in [1.54, 1.807) is 23.5 Å². The minimum atomic E-state index is -1.03. The van der Waals surface area contributed by atoms with Gasteiger partial charge in [0.1, 0.15) is 5.82 Å². The molecular weight excluding hydrogens is 277 g/mol. The summed E-state index contributed by atoms with van der Waals surface area (Å²) in [5, 5.41) is 14.4. The van der Waals surface area contributed by atoms with Gasteiger partial charge in [-0.15, -0.1) is 11.3 Å². The van der Waals surface area contributed by atoms with Gasteiger partial charge in [-0.3, -0.25) is 4.79 Å². The summed E-state index contributed by atoms with van der Waals surface area (Å²) in [6.07, 6.45) is 0.0194. The van der Waals surface area contributed by atoms with Crippen LogP contribution in [0.2, 0.25) is 0 Å². The molecule has 0 spiro atoms. The molecule has 0 fully saturated rings. The van der Waals surface area contributed by atoms with Crippen molar-refractivity contribution < 1.29 is 14.3 Å². The Balaban J connectivity index is 1.77. The number of halogens is 1. The highest BCUT2D eigenvalue weighted by molar-refractivity contribution is 7.09. The molecule has 1 amide bonds. The lowest BCUT2D eigenvalue weighted by atomic mass is 10.1. The number of carbonyl (C=O) groups excluding carboxylic acids is 1. The summed E-state index contributed by atoms with van der Waals surface area (Å²) in [6, 6.07) is 9.94. The Bertz CT molecular complexity index is 557. The number of hydrogen-bond acceptors (Lipinski definition) is 3. The molecule has 0 aliphatic rings. The first-order chi connectivity index (χ1) is 9.66. The van der Waals surface area contributed by atoms with E-state index in [1.807, 2.05) is 17.5 Å². The average Bonchev–Trinajstić information content (AvgIpc) is 2.96. The zero-order valence-corrected chi connectivity index (χ0v) is 11.7. The van der Waals surface area contributed by atoms with Crippen LogP contribution in [-0.4, -0.2) is 17.6 Å². The van der Waals surface area contributed by atoms with Crippen molar-refractivity contribution in [2.45, 2.75) is 18.9 Å². The quantitative estimate of drug-likeness (QED) is 0.860. The maximum atomic E-state index is 13.4. The topological polar surface area (TPSA) is 49.3 Å². The highest BCUT2D eigenvalue weighted by Gasteiger charge is 2.13. The van der Waals surface area contributed by atoms with Crippen molar-refractivity contribution in [3.8, 4) is 0 Å².